The molecule has 0 bridgehead atoms. The maximum atomic E-state index is 5.76. The lowest BCUT2D eigenvalue weighted by atomic mass is 9.98. The molecule has 1 aliphatic heterocycles. The van der Waals surface area contributed by atoms with Crippen LogP contribution in [0.5, 0.6) is 0 Å². The Morgan fingerprint density at radius 1 is 1.50 bits per heavy atom. The summed E-state index contributed by atoms with van der Waals surface area (Å²) in [6.07, 6.45) is 3.58. The van der Waals surface area contributed by atoms with Crippen LogP contribution in [0.1, 0.15) is 23.5 Å². The predicted octanol–water partition coefficient (Wildman–Crippen LogP) is 2.78. The van der Waals surface area contributed by atoms with Crippen LogP contribution in [0.2, 0.25) is 0 Å². The van der Waals surface area contributed by atoms with Gasteiger partial charge in [0.15, 0.2) is 0 Å². The molecular formula is C13H21ClN2OS. The van der Waals surface area contributed by atoms with Crippen LogP contribution in [0, 0.1) is 5.92 Å². The van der Waals surface area contributed by atoms with Gasteiger partial charge in [0.2, 0.25) is 0 Å². The Bertz CT molecular complexity index is 351. The summed E-state index contributed by atoms with van der Waals surface area (Å²) >= 11 is 7.49. The highest BCUT2D eigenvalue weighted by atomic mass is 35.5. The summed E-state index contributed by atoms with van der Waals surface area (Å²) in [6.45, 7) is 4.43. The van der Waals surface area contributed by atoms with Crippen LogP contribution in [-0.2, 0) is 17.0 Å². The predicted molar refractivity (Wildman–Crippen MR) is 76.4 cm³/mol. The number of methoxy groups -OCH3 is 1. The molecule has 0 aliphatic carbocycles. The average Bonchev–Trinajstić information content (AvgIpc) is 2.86. The van der Waals surface area contributed by atoms with Crippen LogP contribution in [0.3, 0.4) is 0 Å². The van der Waals surface area contributed by atoms with Crippen molar-refractivity contribution in [3.8, 4) is 0 Å². The Balaban J connectivity index is 1.68. The number of rotatable bonds is 6. The molecule has 102 valence electrons. The van der Waals surface area contributed by atoms with E-state index in [0.29, 0.717) is 5.88 Å². The normalized spacial score (nSPS) is 18.3. The van der Waals surface area contributed by atoms with Gasteiger partial charge in [0.1, 0.15) is 0 Å². The number of nitrogens with zero attached hydrogens (tertiary/aromatic N) is 2. The summed E-state index contributed by atoms with van der Waals surface area (Å²) in [5, 5.41) is 3.28. The second-order valence-electron chi connectivity index (χ2n) is 4.86. The second-order valence-corrected chi connectivity index (χ2v) is 6.07. The van der Waals surface area contributed by atoms with Crippen LogP contribution in [0.15, 0.2) is 5.38 Å². The van der Waals surface area contributed by atoms with Crippen molar-refractivity contribution in [2.45, 2.75) is 25.1 Å². The molecule has 0 N–H and O–H groups in total. The molecule has 0 amide bonds. The lowest BCUT2D eigenvalue weighted by molar-refractivity contribution is 0.100. The van der Waals surface area contributed by atoms with Gasteiger partial charge in [-0.15, -0.1) is 22.9 Å². The molecule has 0 aromatic carbocycles. The van der Waals surface area contributed by atoms with E-state index in [2.05, 4.69) is 15.3 Å². The molecule has 1 aliphatic rings. The van der Waals surface area contributed by atoms with E-state index in [1.165, 1.54) is 30.9 Å². The minimum atomic E-state index is 0.527. The van der Waals surface area contributed by atoms with Crippen molar-refractivity contribution in [3.63, 3.8) is 0 Å². The maximum Gasteiger partial charge on any atom is 0.0941 e. The molecule has 1 saturated heterocycles. The average molecular weight is 289 g/mol. The summed E-state index contributed by atoms with van der Waals surface area (Å²) in [5.41, 5.74) is 1.01. The summed E-state index contributed by atoms with van der Waals surface area (Å²) in [4.78, 5) is 7.03. The van der Waals surface area contributed by atoms with Crippen molar-refractivity contribution in [1.82, 2.24) is 9.88 Å². The molecule has 2 heterocycles. The van der Waals surface area contributed by atoms with Gasteiger partial charge in [0.05, 0.1) is 16.6 Å². The number of thiazole rings is 1. The lowest BCUT2D eigenvalue weighted by Gasteiger charge is -2.31. The minimum absolute atomic E-state index is 0.527. The Labute approximate surface area is 118 Å². The summed E-state index contributed by atoms with van der Waals surface area (Å²) in [5.74, 6) is 1.28. The monoisotopic (exact) mass is 288 g/mol. The van der Waals surface area contributed by atoms with Crippen LogP contribution >= 0.6 is 22.9 Å². The largest absolute Gasteiger partial charge is 0.384 e. The van der Waals surface area contributed by atoms with Gasteiger partial charge in [-0.05, 0) is 31.8 Å². The first-order chi connectivity index (χ1) is 8.81. The highest BCUT2D eigenvalue weighted by molar-refractivity contribution is 7.09. The Kier molecular flexibility index (Phi) is 5.89. The number of halogens is 1. The standard InChI is InChI=1S/C13H21ClN2OS/c1-17-9-11-2-5-16(6-3-11)7-4-13-15-12(8-14)10-18-13/h10-11H,2-9H2,1H3. The zero-order chi connectivity index (χ0) is 12.8. The van der Waals surface area contributed by atoms with E-state index in [1.807, 2.05) is 0 Å². The molecule has 0 spiro atoms. The number of aromatic nitrogens is 1. The highest BCUT2D eigenvalue weighted by Gasteiger charge is 2.18. The van der Waals surface area contributed by atoms with Gasteiger partial charge in [0, 0.05) is 32.1 Å². The van der Waals surface area contributed by atoms with E-state index < -0.39 is 0 Å². The number of alkyl halides is 1. The van der Waals surface area contributed by atoms with E-state index in [4.69, 9.17) is 16.3 Å². The fourth-order valence-corrected chi connectivity index (χ4v) is 3.41. The molecule has 0 atom stereocenters. The Morgan fingerprint density at radius 2 is 2.28 bits per heavy atom. The second kappa shape index (κ2) is 7.43. The van der Waals surface area contributed by atoms with Gasteiger partial charge in [-0.1, -0.05) is 0 Å². The Morgan fingerprint density at radius 3 is 2.89 bits per heavy atom. The quantitative estimate of drug-likeness (QED) is 0.753. The summed E-state index contributed by atoms with van der Waals surface area (Å²) in [6, 6.07) is 0. The van der Waals surface area contributed by atoms with Gasteiger partial charge in [0.25, 0.3) is 0 Å². The molecular weight excluding hydrogens is 268 g/mol. The molecule has 0 saturated carbocycles. The number of hydrogen-bond donors (Lipinski definition) is 0. The van der Waals surface area contributed by atoms with Crippen molar-refractivity contribution < 1.29 is 4.74 Å². The first kappa shape index (κ1) is 14.3. The zero-order valence-corrected chi connectivity index (χ0v) is 12.5. The molecule has 0 radical (unpaired) electrons. The van der Waals surface area contributed by atoms with E-state index in [0.717, 1.165) is 31.2 Å². The van der Waals surface area contributed by atoms with Crippen molar-refractivity contribution in [3.05, 3.63) is 16.1 Å². The lowest BCUT2D eigenvalue weighted by Crippen LogP contribution is -2.36. The fourth-order valence-electron chi connectivity index (χ4n) is 2.39. The summed E-state index contributed by atoms with van der Waals surface area (Å²) < 4.78 is 5.22. The van der Waals surface area contributed by atoms with Crippen LogP contribution in [0.25, 0.3) is 0 Å². The van der Waals surface area contributed by atoms with Crippen molar-refractivity contribution in [2.24, 2.45) is 5.92 Å². The molecule has 1 aromatic rings. The molecule has 0 unspecified atom stereocenters. The summed E-state index contributed by atoms with van der Waals surface area (Å²) in [7, 11) is 1.79. The van der Waals surface area contributed by atoms with Crippen LogP contribution in [-0.4, -0.2) is 43.2 Å². The van der Waals surface area contributed by atoms with Crippen LogP contribution < -0.4 is 0 Å². The number of likely N-dealkylation sites (tertiary alicyclic amines) is 1. The third kappa shape index (κ3) is 4.19. The van der Waals surface area contributed by atoms with Gasteiger partial charge >= 0.3 is 0 Å². The molecule has 1 aromatic heterocycles. The third-order valence-corrected chi connectivity index (χ3v) is 4.72. The SMILES string of the molecule is COCC1CCN(CCc2nc(CCl)cs2)CC1. The van der Waals surface area contributed by atoms with Crippen molar-refractivity contribution in [2.75, 3.05) is 33.4 Å². The Hall–Kier alpha value is -0.160. The van der Waals surface area contributed by atoms with Crippen LogP contribution in [0.4, 0.5) is 0 Å². The van der Waals surface area contributed by atoms with E-state index in [1.54, 1.807) is 18.4 Å². The fraction of sp³-hybridized carbons (Fsp3) is 0.769. The highest BCUT2D eigenvalue weighted by Crippen LogP contribution is 2.18. The minimum Gasteiger partial charge on any atom is -0.384 e. The smallest absolute Gasteiger partial charge is 0.0941 e. The third-order valence-electron chi connectivity index (χ3n) is 3.49. The molecule has 5 heteroatoms. The van der Waals surface area contributed by atoms with Gasteiger partial charge in [-0.3, -0.25) is 0 Å². The number of piperidine rings is 1. The van der Waals surface area contributed by atoms with E-state index in [-0.39, 0.29) is 0 Å². The molecule has 1 fully saturated rings. The zero-order valence-electron chi connectivity index (χ0n) is 10.9. The van der Waals surface area contributed by atoms with Gasteiger partial charge in [-0.25, -0.2) is 4.98 Å². The van der Waals surface area contributed by atoms with Gasteiger partial charge < -0.3 is 9.64 Å². The molecule has 3 nitrogen and oxygen atoms in total. The van der Waals surface area contributed by atoms with E-state index in [9.17, 15) is 0 Å². The maximum absolute atomic E-state index is 5.76. The van der Waals surface area contributed by atoms with Crippen molar-refractivity contribution >= 4 is 22.9 Å². The number of ether oxygens (including phenoxy) is 1. The number of hydrogen-bond acceptors (Lipinski definition) is 4. The molecule has 18 heavy (non-hydrogen) atoms. The first-order valence-electron chi connectivity index (χ1n) is 6.52. The van der Waals surface area contributed by atoms with E-state index >= 15 is 0 Å². The van der Waals surface area contributed by atoms with Crippen molar-refractivity contribution in [1.29, 1.82) is 0 Å². The van der Waals surface area contributed by atoms with Gasteiger partial charge in [-0.2, -0.15) is 0 Å². The molecule has 2 rings (SSSR count). The first-order valence-corrected chi connectivity index (χ1v) is 7.93. The topological polar surface area (TPSA) is 25.4 Å².